The van der Waals surface area contributed by atoms with E-state index in [-0.39, 0.29) is 11.5 Å². The molecule has 32 heavy (non-hydrogen) atoms. The summed E-state index contributed by atoms with van der Waals surface area (Å²) in [5, 5.41) is 0. The molecule has 0 aliphatic rings. The Morgan fingerprint density at radius 3 is 1.97 bits per heavy atom. The lowest BCUT2D eigenvalue weighted by molar-refractivity contribution is 0.190. The molecule has 170 valence electrons. The maximum Gasteiger partial charge on any atom is 0.124 e. The maximum absolute atomic E-state index is 6.60. The van der Waals surface area contributed by atoms with Gasteiger partial charge in [-0.3, -0.25) is 0 Å². The highest BCUT2D eigenvalue weighted by atomic mass is 16.5. The van der Waals surface area contributed by atoms with Crippen molar-refractivity contribution in [2.24, 2.45) is 0 Å². The predicted molar refractivity (Wildman–Crippen MR) is 139 cm³/mol. The summed E-state index contributed by atoms with van der Waals surface area (Å²) in [5.41, 5.74) is 7.92. The average Bonchev–Trinajstić information content (AvgIpc) is 2.76. The van der Waals surface area contributed by atoms with Gasteiger partial charge < -0.3 is 4.74 Å². The monoisotopic (exact) mass is 428 g/mol. The van der Waals surface area contributed by atoms with Crippen LogP contribution in [0.4, 0.5) is 0 Å². The Balaban J connectivity index is 1.83. The first-order valence-electron chi connectivity index (χ1n) is 12.2. The van der Waals surface area contributed by atoms with Crippen LogP contribution in [0.5, 0.6) is 5.75 Å². The minimum Gasteiger partial charge on any atom is -0.486 e. The Kier molecular flexibility index (Phi) is 8.18. The Labute approximate surface area is 195 Å². The predicted octanol–water partition coefficient (Wildman–Crippen LogP) is 9.36. The number of hydrogen-bond acceptors (Lipinski definition) is 1. The van der Waals surface area contributed by atoms with Crippen molar-refractivity contribution in [3.05, 3.63) is 89.0 Å². The van der Waals surface area contributed by atoms with Gasteiger partial charge in [0.25, 0.3) is 0 Å². The molecular weight excluding hydrogens is 388 g/mol. The first-order valence-corrected chi connectivity index (χ1v) is 12.2. The lowest BCUT2D eigenvalue weighted by Gasteiger charge is -2.22. The van der Waals surface area contributed by atoms with Crippen LogP contribution < -0.4 is 4.74 Å². The first-order chi connectivity index (χ1) is 15.3. The minimum absolute atomic E-state index is 0.101. The van der Waals surface area contributed by atoms with Crippen LogP contribution in [0, 0.1) is 13.8 Å². The van der Waals surface area contributed by atoms with Crippen molar-refractivity contribution in [1.29, 1.82) is 0 Å². The van der Waals surface area contributed by atoms with E-state index in [1.165, 1.54) is 59.1 Å². The molecule has 0 amide bonds. The highest BCUT2D eigenvalue weighted by Gasteiger charge is 2.17. The van der Waals surface area contributed by atoms with Gasteiger partial charge in [0.1, 0.15) is 11.9 Å². The van der Waals surface area contributed by atoms with E-state index in [9.17, 15) is 0 Å². The molecule has 1 unspecified atom stereocenters. The normalized spacial score (nSPS) is 12.6. The van der Waals surface area contributed by atoms with Crippen LogP contribution in [-0.4, -0.2) is 0 Å². The van der Waals surface area contributed by atoms with Gasteiger partial charge in [-0.05, 0) is 77.6 Å². The molecule has 0 aliphatic carbocycles. The van der Waals surface area contributed by atoms with Crippen molar-refractivity contribution in [1.82, 2.24) is 0 Å². The SMILES string of the molecule is CCCCCCC(Oc1cc(C)c(-c2ccc(C(C)(C)C)cc2)c(C)c1)c1ccccc1. The van der Waals surface area contributed by atoms with Crippen LogP contribution in [0.1, 0.15) is 88.2 Å². The van der Waals surface area contributed by atoms with Gasteiger partial charge in [0.05, 0.1) is 0 Å². The summed E-state index contributed by atoms with van der Waals surface area (Å²) in [6, 6.07) is 24.1. The third-order valence-electron chi connectivity index (χ3n) is 6.32. The molecule has 0 fully saturated rings. The molecule has 3 rings (SSSR count). The van der Waals surface area contributed by atoms with Gasteiger partial charge in [0, 0.05) is 0 Å². The lowest BCUT2D eigenvalue weighted by Crippen LogP contribution is -2.10. The fraction of sp³-hybridized carbons (Fsp3) is 0.419. The third kappa shape index (κ3) is 6.25. The molecule has 3 aromatic rings. The molecule has 1 heteroatoms. The highest BCUT2D eigenvalue weighted by Crippen LogP contribution is 2.35. The number of ether oxygens (including phenoxy) is 1. The second kappa shape index (κ2) is 10.9. The number of benzene rings is 3. The Bertz CT molecular complexity index is 954. The van der Waals surface area contributed by atoms with E-state index in [0.29, 0.717) is 0 Å². The minimum atomic E-state index is 0.101. The molecule has 0 radical (unpaired) electrons. The molecule has 0 heterocycles. The first kappa shape index (κ1) is 24.1. The topological polar surface area (TPSA) is 9.23 Å². The summed E-state index contributed by atoms with van der Waals surface area (Å²) in [4.78, 5) is 0. The summed E-state index contributed by atoms with van der Waals surface area (Å²) in [6.45, 7) is 13.4. The largest absolute Gasteiger partial charge is 0.486 e. The van der Waals surface area contributed by atoms with Gasteiger partial charge in [-0.25, -0.2) is 0 Å². The van der Waals surface area contributed by atoms with Crippen molar-refractivity contribution in [2.45, 2.75) is 85.2 Å². The van der Waals surface area contributed by atoms with Crippen LogP contribution in [0.2, 0.25) is 0 Å². The third-order valence-corrected chi connectivity index (χ3v) is 6.32. The van der Waals surface area contributed by atoms with Crippen LogP contribution in [0.15, 0.2) is 66.7 Å². The summed E-state index contributed by atoms with van der Waals surface area (Å²) in [7, 11) is 0. The Morgan fingerprint density at radius 1 is 0.781 bits per heavy atom. The summed E-state index contributed by atoms with van der Waals surface area (Å²) in [6.07, 6.45) is 6.17. The van der Waals surface area contributed by atoms with E-state index >= 15 is 0 Å². The van der Waals surface area contributed by atoms with Crippen molar-refractivity contribution >= 4 is 0 Å². The van der Waals surface area contributed by atoms with Crippen LogP contribution in [0.3, 0.4) is 0 Å². The van der Waals surface area contributed by atoms with E-state index in [1.807, 2.05) is 0 Å². The molecule has 3 aromatic carbocycles. The van der Waals surface area contributed by atoms with Gasteiger partial charge in [-0.15, -0.1) is 0 Å². The molecule has 0 bridgehead atoms. The fourth-order valence-corrected chi connectivity index (χ4v) is 4.47. The molecule has 0 spiro atoms. The van der Waals surface area contributed by atoms with E-state index in [0.717, 1.165) is 12.2 Å². The zero-order valence-electron chi connectivity index (χ0n) is 20.9. The molecule has 0 N–H and O–H groups in total. The second-order valence-electron chi connectivity index (χ2n) is 10.1. The quantitative estimate of drug-likeness (QED) is 0.308. The number of hydrogen-bond donors (Lipinski definition) is 0. The summed E-state index contributed by atoms with van der Waals surface area (Å²) in [5.74, 6) is 0.972. The number of unbranched alkanes of at least 4 members (excludes halogenated alkanes) is 3. The van der Waals surface area contributed by atoms with E-state index in [4.69, 9.17) is 4.74 Å². The average molecular weight is 429 g/mol. The van der Waals surface area contributed by atoms with Gasteiger partial charge in [0.15, 0.2) is 0 Å². The molecule has 1 nitrogen and oxygen atoms in total. The number of rotatable bonds is 9. The van der Waals surface area contributed by atoms with Gasteiger partial charge in [-0.1, -0.05) is 102 Å². The van der Waals surface area contributed by atoms with E-state index < -0.39 is 0 Å². The summed E-state index contributed by atoms with van der Waals surface area (Å²) < 4.78 is 6.60. The smallest absolute Gasteiger partial charge is 0.124 e. The van der Waals surface area contributed by atoms with Crippen molar-refractivity contribution in [3.8, 4) is 16.9 Å². The lowest BCUT2D eigenvalue weighted by atomic mass is 9.85. The zero-order valence-corrected chi connectivity index (χ0v) is 20.9. The highest BCUT2D eigenvalue weighted by molar-refractivity contribution is 5.72. The van der Waals surface area contributed by atoms with Gasteiger partial charge in [0.2, 0.25) is 0 Å². The second-order valence-corrected chi connectivity index (χ2v) is 10.1. The van der Waals surface area contributed by atoms with Crippen LogP contribution in [-0.2, 0) is 5.41 Å². The van der Waals surface area contributed by atoms with Crippen molar-refractivity contribution < 1.29 is 4.74 Å². The van der Waals surface area contributed by atoms with E-state index in [2.05, 4.69) is 108 Å². The van der Waals surface area contributed by atoms with Crippen LogP contribution in [0.25, 0.3) is 11.1 Å². The molecule has 0 aromatic heterocycles. The number of aryl methyl sites for hydroxylation is 2. The molecule has 0 aliphatic heterocycles. The fourth-order valence-electron chi connectivity index (χ4n) is 4.47. The van der Waals surface area contributed by atoms with Gasteiger partial charge in [-0.2, -0.15) is 0 Å². The van der Waals surface area contributed by atoms with Gasteiger partial charge >= 0.3 is 0 Å². The Hall–Kier alpha value is -2.54. The molecule has 0 saturated heterocycles. The van der Waals surface area contributed by atoms with Crippen molar-refractivity contribution in [3.63, 3.8) is 0 Å². The summed E-state index contributed by atoms with van der Waals surface area (Å²) >= 11 is 0. The zero-order chi connectivity index (χ0) is 23.1. The van der Waals surface area contributed by atoms with Crippen molar-refractivity contribution in [2.75, 3.05) is 0 Å². The molecular formula is C31H40O. The molecule has 1 atom stereocenters. The molecule has 0 saturated carbocycles. The standard InChI is InChI=1S/C31H40O/c1-7-8-9-13-16-29(25-14-11-10-12-15-25)32-28-21-23(2)30(24(3)22-28)26-17-19-27(20-18-26)31(4,5)6/h10-12,14-15,17-22,29H,7-9,13,16H2,1-6H3. The van der Waals surface area contributed by atoms with Crippen LogP contribution >= 0.6 is 0 Å². The van der Waals surface area contributed by atoms with E-state index in [1.54, 1.807) is 0 Å². The maximum atomic E-state index is 6.60. The Morgan fingerprint density at radius 2 is 1.41 bits per heavy atom.